The Morgan fingerprint density at radius 1 is 1.44 bits per heavy atom. The number of rotatable bonds is 3. The highest BCUT2D eigenvalue weighted by Gasteiger charge is 2.26. The highest BCUT2D eigenvalue weighted by atomic mass is 32.1. The molecule has 0 saturated carbocycles. The second kappa shape index (κ2) is 4.53. The van der Waals surface area contributed by atoms with Crippen molar-refractivity contribution in [2.24, 2.45) is 0 Å². The van der Waals surface area contributed by atoms with Crippen molar-refractivity contribution in [1.29, 1.82) is 0 Å². The molecule has 0 unspecified atom stereocenters. The molecule has 1 N–H and O–H groups in total. The van der Waals surface area contributed by atoms with Gasteiger partial charge in [-0.15, -0.1) is 11.3 Å². The zero-order chi connectivity index (χ0) is 13.3. The monoisotopic (exact) mass is 265 g/mol. The van der Waals surface area contributed by atoms with Gasteiger partial charge in [0.2, 0.25) is 0 Å². The molecule has 2 rings (SSSR count). The van der Waals surface area contributed by atoms with Crippen LogP contribution in [0.15, 0.2) is 17.8 Å². The third kappa shape index (κ3) is 2.43. The van der Waals surface area contributed by atoms with E-state index < -0.39 is 5.97 Å². The van der Waals surface area contributed by atoms with Gasteiger partial charge in [-0.3, -0.25) is 4.79 Å². The van der Waals surface area contributed by atoms with E-state index in [2.05, 4.69) is 9.97 Å². The van der Waals surface area contributed by atoms with Crippen LogP contribution in [-0.2, 0) is 4.79 Å². The molecule has 2 heterocycles. The molecule has 0 fully saturated rings. The minimum Gasteiger partial charge on any atom is -0.480 e. The van der Waals surface area contributed by atoms with Gasteiger partial charge in [-0.25, -0.2) is 9.97 Å². The first-order valence-electron chi connectivity index (χ1n) is 5.57. The molecule has 0 saturated heterocycles. The fraction of sp³-hybridized carbons (Fsp3) is 0.417. The van der Waals surface area contributed by atoms with E-state index in [0.717, 1.165) is 10.2 Å². The number of nitrogens with zero attached hydrogens (tertiary/aromatic N) is 3. The minimum absolute atomic E-state index is 0.0779. The summed E-state index contributed by atoms with van der Waals surface area (Å²) >= 11 is 1.52. The fourth-order valence-electron chi connectivity index (χ4n) is 1.76. The molecule has 96 valence electrons. The Bertz CT molecular complexity index is 574. The van der Waals surface area contributed by atoms with Crippen LogP contribution in [0.5, 0.6) is 0 Å². The van der Waals surface area contributed by atoms with Crippen LogP contribution in [0.2, 0.25) is 0 Å². The first kappa shape index (κ1) is 12.8. The van der Waals surface area contributed by atoms with Gasteiger partial charge < -0.3 is 10.0 Å². The standard InChI is InChI=1S/C12H15N3O2S/c1-12(2,3)15(6-9(16)17)10-8-4-5-18-11(8)14-7-13-10/h4-5,7H,6H2,1-3H3,(H,16,17). The van der Waals surface area contributed by atoms with Gasteiger partial charge in [-0.05, 0) is 32.2 Å². The molecule has 0 aromatic carbocycles. The predicted molar refractivity (Wildman–Crippen MR) is 72.1 cm³/mol. The Morgan fingerprint density at radius 2 is 2.17 bits per heavy atom. The topological polar surface area (TPSA) is 66.3 Å². The molecule has 0 amide bonds. The summed E-state index contributed by atoms with van der Waals surface area (Å²) in [5, 5.41) is 11.9. The lowest BCUT2D eigenvalue weighted by Crippen LogP contribution is -2.45. The molecule has 0 radical (unpaired) electrons. The normalized spacial score (nSPS) is 11.7. The molecule has 2 aromatic rings. The highest BCUT2D eigenvalue weighted by Crippen LogP contribution is 2.30. The quantitative estimate of drug-likeness (QED) is 0.923. The first-order valence-corrected chi connectivity index (χ1v) is 6.45. The van der Waals surface area contributed by atoms with Crippen LogP contribution in [0, 0.1) is 0 Å². The van der Waals surface area contributed by atoms with Crippen LogP contribution >= 0.6 is 11.3 Å². The zero-order valence-electron chi connectivity index (χ0n) is 10.5. The number of hydrogen-bond acceptors (Lipinski definition) is 5. The number of thiophene rings is 1. The molecule has 0 bridgehead atoms. The van der Waals surface area contributed by atoms with Crippen LogP contribution in [0.1, 0.15) is 20.8 Å². The van der Waals surface area contributed by atoms with Crippen molar-refractivity contribution < 1.29 is 9.90 Å². The van der Waals surface area contributed by atoms with Gasteiger partial charge in [0.15, 0.2) is 0 Å². The number of fused-ring (bicyclic) bond motifs is 1. The number of carboxylic acid groups (broad SMARTS) is 1. The SMILES string of the molecule is CC(C)(C)N(CC(=O)O)c1ncnc2sccc12. The Hall–Kier alpha value is -1.69. The van der Waals surface area contributed by atoms with E-state index in [0.29, 0.717) is 5.82 Å². The summed E-state index contributed by atoms with van der Waals surface area (Å²) in [6, 6.07) is 1.93. The van der Waals surface area contributed by atoms with Crippen molar-refractivity contribution >= 4 is 33.3 Å². The maximum Gasteiger partial charge on any atom is 0.323 e. The van der Waals surface area contributed by atoms with Crippen molar-refractivity contribution in [2.75, 3.05) is 11.4 Å². The summed E-state index contributed by atoms with van der Waals surface area (Å²) in [4.78, 5) is 22.1. The van der Waals surface area contributed by atoms with Gasteiger partial charge >= 0.3 is 5.97 Å². The molecule has 2 aromatic heterocycles. The van der Waals surface area contributed by atoms with Crippen LogP contribution in [0.25, 0.3) is 10.2 Å². The molecular formula is C12H15N3O2S. The van der Waals surface area contributed by atoms with Gasteiger partial charge in [0, 0.05) is 5.54 Å². The number of aromatic nitrogens is 2. The van der Waals surface area contributed by atoms with E-state index in [1.54, 1.807) is 4.90 Å². The molecule has 0 aliphatic rings. The summed E-state index contributed by atoms with van der Waals surface area (Å²) in [5.41, 5.74) is -0.318. The smallest absolute Gasteiger partial charge is 0.323 e. The van der Waals surface area contributed by atoms with Crippen LogP contribution in [0.4, 0.5) is 5.82 Å². The summed E-state index contributed by atoms with van der Waals surface area (Å²) < 4.78 is 0. The van der Waals surface area contributed by atoms with Crippen LogP contribution in [-0.4, -0.2) is 33.1 Å². The van der Waals surface area contributed by atoms with Crippen molar-refractivity contribution in [3.8, 4) is 0 Å². The third-order valence-electron chi connectivity index (χ3n) is 2.60. The lowest BCUT2D eigenvalue weighted by atomic mass is 10.1. The maximum atomic E-state index is 11.0. The van der Waals surface area contributed by atoms with Crippen LogP contribution in [0.3, 0.4) is 0 Å². The minimum atomic E-state index is -0.869. The van der Waals surface area contributed by atoms with E-state index in [4.69, 9.17) is 5.11 Å². The number of anilines is 1. The molecule has 0 spiro atoms. The molecular weight excluding hydrogens is 250 g/mol. The fourth-order valence-corrected chi connectivity index (χ4v) is 2.48. The van der Waals surface area contributed by atoms with E-state index in [1.807, 2.05) is 32.2 Å². The van der Waals surface area contributed by atoms with Crippen molar-refractivity contribution in [3.63, 3.8) is 0 Å². The van der Waals surface area contributed by atoms with Crippen molar-refractivity contribution in [2.45, 2.75) is 26.3 Å². The highest BCUT2D eigenvalue weighted by molar-refractivity contribution is 7.16. The number of carbonyl (C=O) groups is 1. The second-order valence-corrected chi connectivity index (χ2v) is 5.88. The van der Waals surface area contributed by atoms with Crippen LogP contribution < -0.4 is 4.90 Å². The summed E-state index contributed by atoms with van der Waals surface area (Å²) in [6.45, 7) is 5.83. The Kier molecular flexibility index (Phi) is 3.21. The number of aliphatic carboxylic acids is 1. The average Bonchev–Trinajstić information content (AvgIpc) is 2.71. The Morgan fingerprint density at radius 3 is 2.78 bits per heavy atom. The van der Waals surface area contributed by atoms with Gasteiger partial charge in [-0.2, -0.15) is 0 Å². The molecule has 5 nitrogen and oxygen atoms in total. The van der Waals surface area contributed by atoms with Gasteiger partial charge in [-0.1, -0.05) is 0 Å². The lowest BCUT2D eigenvalue weighted by molar-refractivity contribution is -0.135. The van der Waals surface area contributed by atoms with Gasteiger partial charge in [0.1, 0.15) is 23.5 Å². The maximum absolute atomic E-state index is 11.0. The molecule has 6 heteroatoms. The second-order valence-electron chi connectivity index (χ2n) is 4.99. The molecule has 18 heavy (non-hydrogen) atoms. The van der Waals surface area contributed by atoms with Gasteiger partial charge in [0.05, 0.1) is 5.39 Å². The van der Waals surface area contributed by atoms with E-state index >= 15 is 0 Å². The Balaban J connectivity index is 2.54. The number of carboxylic acids is 1. The van der Waals surface area contributed by atoms with E-state index in [1.165, 1.54) is 17.7 Å². The third-order valence-corrected chi connectivity index (χ3v) is 3.42. The molecule has 0 atom stereocenters. The number of hydrogen-bond donors (Lipinski definition) is 1. The Labute approximate surface area is 109 Å². The largest absolute Gasteiger partial charge is 0.480 e. The van der Waals surface area contributed by atoms with E-state index in [-0.39, 0.29) is 12.1 Å². The van der Waals surface area contributed by atoms with Gasteiger partial charge in [0.25, 0.3) is 0 Å². The van der Waals surface area contributed by atoms with Crippen molar-refractivity contribution in [3.05, 3.63) is 17.8 Å². The summed E-state index contributed by atoms with van der Waals surface area (Å²) in [5.74, 6) is -0.192. The zero-order valence-corrected chi connectivity index (χ0v) is 11.4. The lowest BCUT2D eigenvalue weighted by Gasteiger charge is -2.35. The predicted octanol–water partition coefficient (Wildman–Crippen LogP) is 2.38. The summed E-state index contributed by atoms with van der Waals surface area (Å²) in [6.07, 6.45) is 1.48. The summed E-state index contributed by atoms with van der Waals surface area (Å²) in [7, 11) is 0. The first-order chi connectivity index (χ1) is 8.39. The molecule has 0 aliphatic carbocycles. The van der Waals surface area contributed by atoms with Crippen molar-refractivity contribution in [1.82, 2.24) is 9.97 Å². The average molecular weight is 265 g/mol. The van der Waals surface area contributed by atoms with E-state index in [9.17, 15) is 4.79 Å². The molecule has 0 aliphatic heterocycles.